The number of nitrogens with one attached hydrogen (secondary N) is 1. The zero-order valence-corrected chi connectivity index (χ0v) is 9.05. The first kappa shape index (κ1) is 12.2. The molecule has 1 aliphatic rings. The van der Waals surface area contributed by atoms with Crippen molar-refractivity contribution in [2.45, 2.75) is 43.2 Å². The second kappa shape index (κ2) is 5.26. The molecule has 0 saturated heterocycles. The quantitative estimate of drug-likeness (QED) is 0.792. The molecule has 0 heterocycles. The molecule has 0 spiro atoms. The first-order chi connectivity index (χ1) is 6.53. The lowest BCUT2D eigenvalue weighted by Crippen LogP contribution is -2.36. The van der Waals surface area contributed by atoms with Crippen molar-refractivity contribution in [1.82, 2.24) is 5.32 Å². The predicted molar refractivity (Wildman–Crippen MR) is 53.6 cm³/mol. The fraction of sp³-hybridized carbons (Fsp3) is 1.00. The van der Waals surface area contributed by atoms with Crippen LogP contribution in [0.3, 0.4) is 0 Å². The van der Waals surface area contributed by atoms with Crippen molar-refractivity contribution < 1.29 is 13.2 Å². The Morgan fingerprint density at radius 2 is 2.07 bits per heavy atom. The lowest BCUT2D eigenvalue weighted by molar-refractivity contribution is -0.133. The molecule has 1 rings (SSSR count). The molecule has 5 heteroatoms. The number of rotatable bonds is 4. The van der Waals surface area contributed by atoms with E-state index >= 15 is 0 Å². The van der Waals surface area contributed by atoms with Gasteiger partial charge in [0.15, 0.2) is 0 Å². The molecule has 1 fully saturated rings. The van der Waals surface area contributed by atoms with Gasteiger partial charge in [0.25, 0.3) is 0 Å². The first-order valence-corrected chi connectivity index (χ1v) is 6.14. The van der Waals surface area contributed by atoms with Gasteiger partial charge in [-0.3, -0.25) is 0 Å². The number of thioether (sulfide) groups is 1. The van der Waals surface area contributed by atoms with Gasteiger partial charge in [0.1, 0.15) is 0 Å². The molecule has 0 amide bonds. The summed E-state index contributed by atoms with van der Waals surface area (Å²) in [5.41, 5.74) is 0. The van der Waals surface area contributed by atoms with Crippen LogP contribution in [0.2, 0.25) is 0 Å². The number of alkyl halides is 3. The Morgan fingerprint density at radius 3 is 2.64 bits per heavy atom. The summed E-state index contributed by atoms with van der Waals surface area (Å²) in [6, 6.07) is 0.285. The second-order valence-corrected chi connectivity index (χ2v) is 4.71. The van der Waals surface area contributed by atoms with Crippen molar-refractivity contribution in [3.8, 4) is 0 Å². The molecular weight excluding hydrogens is 211 g/mol. The van der Waals surface area contributed by atoms with Crippen LogP contribution in [0, 0.1) is 0 Å². The monoisotopic (exact) mass is 227 g/mol. The van der Waals surface area contributed by atoms with Crippen molar-refractivity contribution in [2.75, 3.05) is 12.8 Å². The lowest BCUT2D eigenvalue weighted by atomic mass is 10.2. The molecule has 0 aromatic heterocycles. The van der Waals surface area contributed by atoms with Crippen molar-refractivity contribution >= 4 is 11.8 Å². The fourth-order valence-corrected chi connectivity index (χ4v) is 2.80. The molecular formula is C9H16F3NS. The predicted octanol–water partition coefficient (Wildman–Crippen LogP) is 2.81. The molecule has 0 aromatic carbocycles. The highest BCUT2D eigenvalue weighted by Gasteiger charge is 2.29. The Hall–Kier alpha value is 0.100. The SMILES string of the molecule is CSC1CCCC1NCCC(F)(F)F. The van der Waals surface area contributed by atoms with Gasteiger partial charge in [0.2, 0.25) is 0 Å². The van der Waals surface area contributed by atoms with Gasteiger partial charge in [-0.15, -0.1) is 0 Å². The van der Waals surface area contributed by atoms with Crippen LogP contribution in [0.25, 0.3) is 0 Å². The molecule has 1 N–H and O–H groups in total. The minimum atomic E-state index is -4.03. The standard InChI is InChI=1S/C9H16F3NS/c1-14-8-4-2-3-7(8)13-6-5-9(10,11)12/h7-8,13H,2-6H2,1H3. The van der Waals surface area contributed by atoms with E-state index in [4.69, 9.17) is 0 Å². The van der Waals surface area contributed by atoms with Crippen molar-refractivity contribution in [3.05, 3.63) is 0 Å². The van der Waals surface area contributed by atoms with Gasteiger partial charge in [-0.1, -0.05) is 6.42 Å². The van der Waals surface area contributed by atoms with Gasteiger partial charge in [0.05, 0.1) is 6.42 Å². The Bertz CT molecular complexity index is 172. The van der Waals surface area contributed by atoms with E-state index in [2.05, 4.69) is 5.32 Å². The van der Waals surface area contributed by atoms with Crippen LogP contribution in [0.1, 0.15) is 25.7 Å². The van der Waals surface area contributed by atoms with E-state index in [0.29, 0.717) is 5.25 Å². The van der Waals surface area contributed by atoms with Crippen molar-refractivity contribution in [1.29, 1.82) is 0 Å². The zero-order chi connectivity index (χ0) is 10.6. The third-order valence-corrected chi connectivity index (χ3v) is 3.74. The van der Waals surface area contributed by atoms with Crippen LogP contribution >= 0.6 is 11.8 Å². The van der Waals surface area contributed by atoms with Crippen LogP contribution in [0.15, 0.2) is 0 Å². The van der Waals surface area contributed by atoms with Gasteiger partial charge in [-0.05, 0) is 19.1 Å². The topological polar surface area (TPSA) is 12.0 Å². The number of halogens is 3. The van der Waals surface area contributed by atoms with Gasteiger partial charge in [-0.25, -0.2) is 0 Å². The highest BCUT2D eigenvalue weighted by molar-refractivity contribution is 7.99. The minimum absolute atomic E-state index is 0.0607. The zero-order valence-electron chi connectivity index (χ0n) is 8.23. The molecule has 84 valence electrons. The fourth-order valence-electron chi connectivity index (χ4n) is 1.84. The maximum absolute atomic E-state index is 11.9. The number of hydrogen-bond donors (Lipinski definition) is 1. The molecule has 0 aliphatic heterocycles. The molecule has 2 atom stereocenters. The Kier molecular flexibility index (Phi) is 4.57. The molecule has 0 bridgehead atoms. The summed E-state index contributed by atoms with van der Waals surface area (Å²) < 4.78 is 35.6. The minimum Gasteiger partial charge on any atom is -0.313 e. The summed E-state index contributed by atoms with van der Waals surface area (Å²) in [5.74, 6) is 0. The third kappa shape index (κ3) is 4.09. The van der Waals surface area contributed by atoms with E-state index in [1.807, 2.05) is 6.26 Å². The van der Waals surface area contributed by atoms with Gasteiger partial charge >= 0.3 is 6.18 Å². The Labute approximate surface area is 86.8 Å². The van der Waals surface area contributed by atoms with E-state index in [1.165, 1.54) is 0 Å². The van der Waals surface area contributed by atoms with E-state index < -0.39 is 12.6 Å². The van der Waals surface area contributed by atoms with E-state index in [1.54, 1.807) is 11.8 Å². The molecule has 1 aliphatic carbocycles. The van der Waals surface area contributed by atoms with Crippen LogP contribution in [0.5, 0.6) is 0 Å². The molecule has 1 nitrogen and oxygen atoms in total. The lowest BCUT2D eigenvalue weighted by Gasteiger charge is -2.19. The normalized spacial score (nSPS) is 28.3. The molecule has 1 saturated carbocycles. The van der Waals surface area contributed by atoms with Crippen LogP contribution in [-0.4, -0.2) is 30.3 Å². The van der Waals surface area contributed by atoms with Crippen LogP contribution < -0.4 is 5.32 Å². The molecule has 14 heavy (non-hydrogen) atoms. The van der Waals surface area contributed by atoms with Crippen molar-refractivity contribution in [2.24, 2.45) is 0 Å². The first-order valence-electron chi connectivity index (χ1n) is 4.86. The summed E-state index contributed by atoms with van der Waals surface area (Å²) in [5, 5.41) is 3.50. The van der Waals surface area contributed by atoms with Gasteiger partial charge in [-0.2, -0.15) is 24.9 Å². The van der Waals surface area contributed by atoms with Crippen LogP contribution in [0.4, 0.5) is 13.2 Å². The van der Waals surface area contributed by atoms with E-state index in [9.17, 15) is 13.2 Å². The average Bonchev–Trinajstić information content (AvgIpc) is 2.49. The average molecular weight is 227 g/mol. The maximum Gasteiger partial charge on any atom is 0.390 e. The van der Waals surface area contributed by atoms with Gasteiger partial charge < -0.3 is 5.32 Å². The van der Waals surface area contributed by atoms with E-state index in [0.717, 1.165) is 19.3 Å². The van der Waals surface area contributed by atoms with Gasteiger partial charge in [0, 0.05) is 17.8 Å². The third-order valence-electron chi connectivity index (χ3n) is 2.57. The van der Waals surface area contributed by atoms with Crippen LogP contribution in [-0.2, 0) is 0 Å². The molecule has 2 unspecified atom stereocenters. The van der Waals surface area contributed by atoms with Crippen molar-refractivity contribution in [3.63, 3.8) is 0 Å². The number of hydrogen-bond acceptors (Lipinski definition) is 2. The molecule has 0 radical (unpaired) electrons. The summed E-state index contributed by atoms with van der Waals surface area (Å²) in [4.78, 5) is 0. The summed E-state index contributed by atoms with van der Waals surface area (Å²) >= 11 is 1.75. The van der Waals surface area contributed by atoms with E-state index in [-0.39, 0.29) is 12.6 Å². The Morgan fingerprint density at radius 1 is 1.36 bits per heavy atom. The second-order valence-electron chi connectivity index (χ2n) is 3.63. The maximum atomic E-state index is 11.9. The smallest absolute Gasteiger partial charge is 0.313 e. The summed E-state index contributed by atoms with van der Waals surface area (Å²) in [6.07, 6.45) is 0.558. The largest absolute Gasteiger partial charge is 0.390 e. The Balaban J connectivity index is 2.18. The summed E-state index contributed by atoms with van der Waals surface area (Å²) in [6.45, 7) is 0.0607. The highest BCUT2D eigenvalue weighted by Crippen LogP contribution is 2.28. The molecule has 0 aromatic rings. The highest BCUT2D eigenvalue weighted by atomic mass is 32.2. The summed E-state index contributed by atoms with van der Waals surface area (Å²) in [7, 11) is 0.